The zero-order valence-electron chi connectivity index (χ0n) is 12.6. The van der Waals surface area contributed by atoms with Crippen LogP contribution in [0.25, 0.3) is 0 Å². The van der Waals surface area contributed by atoms with Crippen molar-refractivity contribution in [1.29, 1.82) is 0 Å². The normalized spacial score (nSPS) is 34.2. The minimum Gasteiger partial charge on any atom is -0.396 e. The molecule has 0 aromatic rings. The van der Waals surface area contributed by atoms with Crippen molar-refractivity contribution in [2.45, 2.75) is 51.4 Å². The van der Waals surface area contributed by atoms with Crippen molar-refractivity contribution in [1.82, 2.24) is 0 Å². The minimum atomic E-state index is 0.302. The second-order valence-electron chi connectivity index (χ2n) is 6.52. The second-order valence-corrected chi connectivity index (χ2v) is 6.52. The molecule has 2 fully saturated rings. The van der Waals surface area contributed by atoms with E-state index in [4.69, 9.17) is 20.4 Å². The minimum absolute atomic E-state index is 0.302. The smallest absolute Gasteiger partial charge is 0.0459 e. The summed E-state index contributed by atoms with van der Waals surface area (Å²) in [6.45, 7) is 1.27. The molecule has 0 aromatic heterocycles. The molecule has 4 nitrogen and oxygen atoms in total. The van der Waals surface area contributed by atoms with Crippen LogP contribution in [0.4, 0.5) is 0 Å². The Morgan fingerprint density at radius 3 is 1.15 bits per heavy atom. The third-order valence-electron chi connectivity index (χ3n) is 4.89. The largest absolute Gasteiger partial charge is 0.396 e. The van der Waals surface area contributed by atoms with E-state index in [0.717, 1.165) is 44.9 Å². The van der Waals surface area contributed by atoms with E-state index in [0.29, 0.717) is 50.1 Å². The van der Waals surface area contributed by atoms with Gasteiger partial charge in [-0.25, -0.2) is 0 Å². The third-order valence-corrected chi connectivity index (χ3v) is 4.89. The zero-order chi connectivity index (χ0) is 14.8. The fraction of sp³-hybridized carbons (Fsp3) is 1.00. The van der Waals surface area contributed by atoms with Gasteiger partial charge >= 0.3 is 0 Å². The highest BCUT2D eigenvalue weighted by Crippen LogP contribution is 2.28. The summed E-state index contributed by atoms with van der Waals surface area (Å²) in [6, 6.07) is 0. The first kappa shape index (κ1) is 17.9. The van der Waals surface area contributed by atoms with E-state index in [1.807, 2.05) is 0 Å². The summed E-state index contributed by atoms with van der Waals surface area (Å²) in [5.74, 6) is 1.96. The van der Waals surface area contributed by atoms with E-state index in [2.05, 4.69) is 0 Å². The van der Waals surface area contributed by atoms with E-state index >= 15 is 0 Å². The molecule has 0 amide bonds. The fourth-order valence-electron chi connectivity index (χ4n) is 3.33. The Bertz CT molecular complexity index is 205. The van der Waals surface area contributed by atoms with Gasteiger partial charge in [-0.1, -0.05) is 6.42 Å². The molecule has 4 N–H and O–H groups in total. The molecule has 0 bridgehead atoms. The van der Waals surface area contributed by atoms with Crippen molar-refractivity contribution < 1.29 is 20.4 Å². The maximum atomic E-state index is 8.82. The highest BCUT2D eigenvalue weighted by atomic mass is 16.3. The molecular weight excluding hydrogens is 256 g/mol. The van der Waals surface area contributed by atoms with Gasteiger partial charge in [-0.15, -0.1) is 0 Å². The molecule has 4 heteroatoms. The Labute approximate surface area is 122 Å². The van der Waals surface area contributed by atoms with Crippen LogP contribution in [0, 0.1) is 23.7 Å². The molecule has 120 valence electrons. The SMILES string of the molecule is OCC1CCC(CO)CC1.OCC1CCCC(CO)C1. The first-order valence-corrected chi connectivity index (χ1v) is 8.16. The van der Waals surface area contributed by atoms with Crippen molar-refractivity contribution in [3.05, 3.63) is 0 Å². The van der Waals surface area contributed by atoms with E-state index in [9.17, 15) is 0 Å². The molecule has 20 heavy (non-hydrogen) atoms. The number of hydrogen-bond donors (Lipinski definition) is 4. The molecule has 0 spiro atoms. The van der Waals surface area contributed by atoms with Crippen LogP contribution in [0.15, 0.2) is 0 Å². The number of aliphatic hydroxyl groups is 4. The van der Waals surface area contributed by atoms with Crippen molar-refractivity contribution in [3.63, 3.8) is 0 Å². The summed E-state index contributed by atoms with van der Waals surface area (Å²) < 4.78 is 0. The Morgan fingerprint density at radius 1 is 0.500 bits per heavy atom. The van der Waals surface area contributed by atoms with Gasteiger partial charge in [0.15, 0.2) is 0 Å². The summed E-state index contributed by atoms with van der Waals surface area (Å²) in [5, 5.41) is 35.2. The average molecular weight is 288 g/mol. The number of rotatable bonds is 4. The maximum Gasteiger partial charge on any atom is 0.0459 e. The maximum absolute atomic E-state index is 8.82. The fourth-order valence-corrected chi connectivity index (χ4v) is 3.33. The molecule has 0 aliphatic heterocycles. The molecule has 2 aliphatic carbocycles. The van der Waals surface area contributed by atoms with Gasteiger partial charge in [0, 0.05) is 26.4 Å². The van der Waals surface area contributed by atoms with Gasteiger partial charge in [0.2, 0.25) is 0 Å². The van der Waals surface area contributed by atoms with Crippen LogP contribution in [0.1, 0.15) is 51.4 Å². The Hall–Kier alpha value is -0.160. The van der Waals surface area contributed by atoms with E-state index in [-0.39, 0.29) is 0 Å². The summed E-state index contributed by atoms with van der Waals surface area (Å²) in [5.41, 5.74) is 0. The molecule has 2 atom stereocenters. The Morgan fingerprint density at radius 2 is 0.850 bits per heavy atom. The molecular formula is C16H32O4. The van der Waals surface area contributed by atoms with Gasteiger partial charge in [0.1, 0.15) is 0 Å². The molecule has 2 saturated carbocycles. The van der Waals surface area contributed by atoms with E-state index in [1.165, 1.54) is 6.42 Å². The van der Waals surface area contributed by atoms with Crippen LogP contribution in [-0.4, -0.2) is 46.9 Å². The molecule has 0 aromatic carbocycles. The van der Waals surface area contributed by atoms with Crippen molar-refractivity contribution in [2.24, 2.45) is 23.7 Å². The van der Waals surface area contributed by atoms with Gasteiger partial charge in [0.05, 0.1) is 0 Å². The van der Waals surface area contributed by atoms with Crippen molar-refractivity contribution in [2.75, 3.05) is 26.4 Å². The quantitative estimate of drug-likeness (QED) is 0.633. The van der Waals surface area contributed by atoms with Crippen LogP contribution >= 0.6 is 0 Å². The first-order valence-electron chi connectivity index (χ1n) is 8.16. The summed E-state index contributed by atoms with van der Waals surface area (Å²) in [6.07, 6.45) is 8.89. The van der Waals surface area contributed by atoms with Crippen LogP contribution < -0.4 is 0 Å². The van der Waals surface area contributed by atoms with Crippen molar-refractivity contribution >= 4 is 0 Å². The second kappa shape index (κ2) is 10.6. The number of aliphatic hydroxyl groups excluding tert-OH is 4. The Kier molecular flexibility index (Phi) is 9.44. The lowest BCUT2D eigenvalue weighted by Crippen LogP contribution is -2.20. The lowest BCUT2D eigenvalue weighted by molar-refractivity contribution is 0.121. The lowest BCUT2D eigenvalue weighted by atomic mass is 9.82. The number of hydrogen-bond acceptors (Lipinski definition) is 4. The van der Waals surface area contributed by atoms with Crippen LogP contribution in [0.2, 0.25) is 0 Å². The van der Waals surface area contributed by atoms with Crippen LogP contribution in [-0.2, 0) is 0 Å². The average Bonchev–Trinajstić information content (AvgIpc) is 2.55. The van der Waals surface area contributed by atoms with E-state index < -0.39 is 0 Å². The standard InChI is InChI=1S/2C8H16O2/c9-5-7-1-2-8(6-10)4-3-7;9-5-7-2-1-3-8(4-7)6-10/h2*7-10H,1-6H2. The molecule has 0 saturated heterocycles. The zero-order valence-corrected chi connectivity index (χ0v) is 12.6. The van der Waals surface area contributed by atoms with Gasteiger partial charge < -0.3 is 20.4 Å². The highest BCUT2D eigenvalue weighted by molar-refractivity contribution is 4.72. The first-order chi connectivity index (χ1) is 9.73. The molecule has 2 aliphatic rings. The molecule has 0 radical (unpaired) electrons. The Balaban J connectivity index is 0.000000200. The predicted octanol–water partition coefficient (Wildman–Crippen LogP) is 1.55. The molecule has 2 rings (SSSR count). The topological polar surface area (TPSA) is 80.9 Å². The highest BCUT2D eigenvalue weighted by Gasteiger charge is 2.20. The van der Waals surface area contributed by atoms with Gasteiger partial charge in [-0.05, 0) is 68.6 Å². The van der Waals surface area contributed by atoms with Gasteiger partial charge in [-0.2, -0.15) is 0 Å². The van der Waals surface area contributed by atoms with Gasteiger partial charge in [-0.3, -0.25) is 0 Å². The van der Waals surface area contributed by atoms with Crippen LogP contribution in [0.3, 0.4) is 0 Å². The summed E-state index contributed by atoms with van der Waals surface area (Å²) in [4.78, 5) is 0. The van der Waals surface area contributed by atoms with E-state index in [1.54, 1.807) is 0 Å². The monoisotopic (exact) mass is 288 g/mol. The summed E-state index contributed by atoms with van der Waals surface area (Å²) in [7, 11) is 0. The molecule has 2 unspecified atom stereocenters. The third kappa shape index (κ3) is 6.53. The predicted molar refractivity (Wildman–Crippen MR) is 79.2 cm³/mol. The van der Waals surface area contributed by atoms with Crippen molar-refractivity contribution in [3.8, 4) is 0 Å². The molecule has 0 heterocycles. The lowest BCUT2D eigenvalue weighted by Gasteiger charge is -2.26. The van der Waals surface area contributed by atoms with Crippen LogP contribution in [0.5, 0.6) is 0 Å². The van der Waals surface area contributed by atoms with Gasteiger partial charge in [0.25, 0.3) is 0 Å². The summed E-state index contributed by atoms with van der Waals surface area (Å²) >= 11 is 0.